The number of rotatable bonds is 5. The van der Waals surface area contributed by atoms with Crippen molar-refractivity contribution in [1.82, 2.24) is 14.5 Å². The minimum atomic E-state index is -0.143. The largest absolute Gasteiger partial charge is 0.343 e. The maximum atomic E-state index is 12.5. The third-order valence-corrected chi connectivity index (χ3v) is 5.07. The summed E-state index contributed by atoms with van der Waals surface area (Å²) < 4.78 is 1.84. The molecular formula is C17H21N3O2S. The Morgan fingerprint density at radius 2 is 2.13 bits per heavy atom. The van der Waals surface area contributed by atoms with Gasteiger partial charge in [-0.25, -0.2) is 0 Å². The van der Waals surface area contributed by atoms with E-state index in [4.69, 9.17) is 12.2 Å². The number of aromatic amines is 1. The molecule has 2 aromatic rings. The molecule has 1 atom stereocenters. The molecule has 0 unspecified atom stereocenters. The smallest absolute Gasteiger partial charge is 0.262 e. The van der Waals surface area contributed by atoms with Crippen molar-refractivity contribution in [2.75, 3.05) is 7.05 Å². The fourth-order valence-electron chi connectivity index (χ4n) is 2.91. The molecule has 0 aliphatic heterocycles. The zero-order valence-electron chi connectivity index (χ0n) is 13.4. The van der Waals surface area contributed by atoms with Crippen LogP contribution < -0.4 is 5.56 Å². The molecule has 5 nitrogen and oxygen atoms in total. The maximum absolute atomic E-state index is 12.5. The van der Waals surface area contributed by atoms with Crippen LogP contribution in [0.5, 0.6) is 0 Å². The van der Waals surface area contributed by atoms with Gasteiger partial charge in [0.05, 0.1) is 10.9 Å². The monoisotopic (exact) mass is 331 g/mol. The number of para-hydroxylation sites is 1. The molecule has 1 saturated carbocycles. The number of H-pyrrole nitrogens is 1. The molecule has 0 saturated heterocycles. The number of hydrogen-bond acceptors (Lipinski definition) is 3. The van der Waals surface area contributed by atoms with Crippen molar-refractivity contribution < 1.29 is 4.79 Å². The highest BCUT2D eigenvalue weighted by atomic mass is 32.1. The van der Waals surface area contributed by atoms with Gasteiger partial charge in [0.1, 0.15) is 0 Å². The first-order valence-electron chi connectivity index (χ1n) is 7.96. The predicted molar refractivity (Wildman–Crippen MR) is 93.0 cm³/mol. The van der Waals surface area contributed by atoms with E-state index in [9.17, 15) is 9.59 Å². The van der Waals surface area contributed by atoms with Gasteiger partial charge >= 0.3 is 0 Å². The summed E-state index contributed by atoms with van der Waals surface area (Å²) in [4.78, 5) is 29.7. The number of nitrogens with one attached hydrogen (secondary N) is 1. The third-order valence-electron chi connectivity index (χ3n) is 4.75. The Morgan fingerprint density at radius 3 is 2.83 bits per heavy atom. The van der Waals surface area contributed by atoms with Gasteiger partial charge in [-0.1, -0.05) is 12.1 Å². The van der Waals surface area contributed by atoms with Crippen LogP contribution in [0.2, 0.25) is 0 Å². The Balaban J connectivity index is 1.78. The van der Waals surface area contributed by atoms with Gasteiger partial charge in [0, 0.05) is 26.1 Å². The number of carbonyl (C=O) groups is 1. The zero-order chi connectivity index (χ0) is 16.6. The first-order chi connectivity index (χ1) is 11.0. The fraction of sp³-hybridized carbons (Fsp3) is 0.471. The number of benzene rings is 1. The number of amides is 1. The molecule has 23 heavy (non-hydrogen) atoms. The second kappa shape index (κ2) is 6.28. The van der Waals surface area contributed by atoms with Crippen LogP contribution in [0.4, 0.5) is 0 Å². The van der Waals surface area contributed by atoms with Crippen molar-refractivity contribution in [2.24, 2.45) is 5.92 Å². The minimum absolute atomic E-state index is 0.0545. The van der Waals surface area contributed by atoms with Crippen molar-refractivity contribution in [3.8, 4) is 0 Å². The topological polar surface area (TPSA) is 58.1 Å². The van der Waals surface area contributed by atoms with Gasteiger partial charge < -0.3 is 9.88 Å². The van der Waals surface area contributed by atoms with Gasteiger partial charge in [-0.15, -0.1) is 0 Å². The molecular weight excluding hydrogens is 310 g/mol. The molecule has 1 aliphatic carbocycles. The van der Waals surface area contributed by atoms with Gasteiger partial charge in [0.15, 0.2) is 4.77 Å². The lowest BCUT2D eigenvalue weighted by molar-refractivity contribution is -0.132. The average Bonchev–Trinajstić information content (AvgIpc) is 3.38. The Kier molecular flexibility index (Phi) is 4.35. The minimum Gasteiger partial charge on any atom is -0.343 e. The molecule has 1 fully saturated rings. The summed E-state index contributed by atoms with van der Waals surface area (Å²) in [5.41, 5.74) is 0.583. The van der Waals surface area contributed by atoms with Crippen molar-refractivity contribution >= 4 is 29.0 Å². The SMILES string of the molecule is C[C@H](C1CC1)N(C)C(=O)CCn1c(=S)[nH]c2ccccc2c1=O. The van der Waals surface area contributed by atoms with E-state index < -0.39 is 0 Å². The van der Waals surface area contributed by atoms with Crippen LogP contribution in [0.3, 0.4) is 0 Å². The lowest BCUT2D eigenvalue weighted by Gasteiger charge is -2.25. The van der Waals surface area contributed by atoms with E-state index in [0.29, 0.717) is 22.6 Å². The van der Waals surface area contributed by atoms with Gasteiger partial charge in [-0.3, -0.25) is 14.2 Å². The Labute approximate surface area is 139 Å². The lowest BCUT2D eigenvalue weighted by Crippen LogP contribution is -2.37. The van der Waals surface area contributed by atoms with Crippen LogP contribution in [0.25, 0.3) is 10.9 Å². The number of nitrogens with zero attached hydrogens (tertiary/aromatic N) is 2. The summed E-state index contributed by atoms with van der Waals surface area (Å²) in [5, 5.41) is 0.591. The van der Waals surface area contributed by atoms with Crippen molar-refractivity contribution in [3.05, 3.63) is 39.4 Å². The number of hydrogen-bond donors (Lipinski definition) is 1. The normalized spacial score (nSPS) is 15.6. The molecule has 1 N–H and O–H groups in total. The molecule has 6 heteroatoms. The van der Waals surface area contributed by atoms with E-state index in [-0.39, 0.29) is 23.9 Å². The van der Waals surface area contributed by atoms with Crippen LogP contribution in [0.15, 0.2) is 29.1 Å². The van der Waals surface area contributed by atoms with Crippen molar-refractivity contribution in [3.63, 3.8) is 0 Å². The molecule has 1 amide bonds. The zero-order valence-corrected chi connectivity index (χ0v) is 14.2. The summed E-state index contributed by atoms with van der Waals surface area (Å²) >= 11 is 5.27. The highest BCUT2D eigenvalue weighted by molar-refractivity contribution is 7.71. The van der Waals surface area contributed by atoms with E-state index in [1.54, 1.807) is 11.0 Å². The Hall–Kier alpha value is -1.95. The molecule has 0 bridgehead atoms. The van der Waals surface area contributed by atoms with Crippen LogP contribution >= 0.6 is 12.2 Å². The van der Waals surface area contributed by atoms with E-state index in [1.807, 2.05) is 25.2 Å². The fourth-order valence-corrected chi connectivity index (χ4v) is 3.19. The summed E-state index contributed by atoms with van der Waals surface area (Å²) in [6.45, 7) is 2.39. The van der Waals surface area contributed by atoms with Crippen LogP contribution in [0, 0.1) is 10.7 Å². The van der Waals surface area contributed by atoms with E-state index in [0.717, 1.165) is 5.52 Å². The molecule has 1 aromatic carbocycles. The average molecular weight is 331 g/mol. The van der Waals surface area contributed by atoms with Gasteiger partial charge in [0.2, 0.25) is 5.91 Å². The van der Waals surface area contributed by atoms with Gasteiger partial charge in [-0.05, 0) is 50.0 Å². The number of aromatic nitrogens is 2. The maximum Gasteiger partial charge on any atom is 0.262 e. The van der Waals surface area contributed by atoms with E-state index in [2.05, 4.69) is 11.9 Å². The highest BCUT2D eigenvalue weighted by Gasteiger charge is 2.32. The van der Waals surface area contributed by atoms with Crippen LogP contribution in [-0.4, -0.2) is 33.4 Å². The standard InChI is InChI=1S/C17H21N3O2S/c1-11(12-7-8-12)19(2)15(21)9-10-20-16(22)13-5-3-4-6-14(13)18-17(20)23/h3-6,11-12H,7-10H2,1-2H3,(H,18,23)/t11-/m1/s1. The van der Waals surface area contributed by atoms with E-state index in [1.165, 1.54) is 17.4 Å². The highest BCUT2D eigenvalue weighted by Crippen LogP contribution is 2.34. The number of carbonyl (C=O) groups excluding carboxylic acids is 1. The van der Waals surface area contributed by atoms with Gasteiger partial charge in [0.25, 0.3) is 5.56 Å². The van der Waals surface area contributed by atoms with Crippen molar-refractivity contribution in [1.29, 1.82) is 0 Å². The third kappa shape index (κ3) is 3.22. The first kappa shape index (κ1) is 15.9. The molecule has 0 spiro atoms. The second-order valence-corrected chi connectivity index (χ2v) is 6.65. The summed E-state index contributed by atoms with van der Waals surface area (Å²) in [5.74, 6) is 0.689. The number of fused-ring (bicyclic) bond motifs is 1. The van der Waals surface area contributed by atoms with Crippen molar-refractivity contribution in [2.45, 2.75) is 38.8 Å². The molecule has 1 aliphatic rings. The molecule has 3 rings (SSSR count). The Bertz CT molecular complexity index is 851. The lowest BCUT2D eigenvalue weighted by atomic mass is 10.2. The van der Waals surface area contributed by atoms with Crippen LogP contribution in [-0.2, 0) is 11.3 Å². The quantitative estimate of drug-likeness (QED) is 0.857. The summed E-state index contributed by atoms with van der Waals surface area (Å²) in [6.07, 6.45) is 2.69. The molecule has 1 aromatic heterocycles. The summed E-state index contributed by atoms with van der Waals surface area (Å²) in [6, 6.07) is 7.54. The second-order valence-electron chi connectivity index (χ2n) is 6.27. The molecule has 122 valence electrons. The van der Waals surface area contributed by atoms with Gasteiger partial charge in [-0.2, -0.15) is 0 Å². The molecule has 0 radical (unpaired) electrons. The summed E-state index contributed by atoms with van der Waals surface area (Å²) in [7, 11) is 1.84. The van der Waals surface area contributed by atoms with Crippen LogP contribution in [0.1, 0.15) is 26.2 Å². The first-order valence-corrected chi connectivity index (χ1v) is 8.37. The predicted octanol–water partition coefficient (Wildman–Crippen LogP) is 2.71. The molecule has 1 heterocycles. The van der Waals surface area contributed by atoms with E-state index >= 15 is 0 Å². The Morgan fingerprint density at radius 1 is 1.43 bits per heavy atom.